The first-order chi connectivity index (χ1) is 10.1. The van der Waals surface area contributed by atoms with Gasteiger partial charge in [0, 0.05) is 19.0 Å². The molecule has 0 amide bonds. The van der Waals surface area contributed by atoms with E-state index in [1.54, 1.807) is 18.2 Å². The third-order valence-electron chi connectivity index (χ3n) is 3.60. The van der Waals surface area contributed by atoms with Crippen LogP contribution in [0.1, 0.15) is 11.7 Å². The topological polar surface area (TPSA) is 21.3 Å². The Hall–Kier alpha value is -1.000. The molecule has 1 fully saturated rings. The molecule has 3 rings (SSSR count). The summed E-state index contributed by atoms with van der Waals surface area (Å²) in [6.07, 6.45) is -0.252. The van der Waals surface area contributed by atoms with Gasteiger partial charge in [0.2, 0.25) is 0 Å². The maximum Gasteiger partial charge on any atom is 0.142 e. The number of hydrogen-bond donors (Lipinski definition) is 1. The van der Waals surface area contributed by atoms with E-state index in [0.717, 1.165) is 18.7 Å². The molecule has 1 aliphatic heterocycles. The molecule has 2 aromatic carbocycles. The van der Waals surface area contributed by atoms with Gasteiger partial charge < -0.3 is 10.1 Å². The Bertz CT molecular complexity index is 649. The molecule has 1 N–H and O–H groups in total. The van der Waals surface area contributed by atoms with E-state index in [9.17, 15) is 4.39 Å². The maximum atomic E-state index is 13.7. The zero-order valence-electron chi connectivity index (χ0n) is 11.6. The monoisotopic (exact) mass is 361 g/mol. The molecule has 1 aliphatic rings. The summed E-state index contributed by atoms with van der Waals surface area (Å²) in [5, 5.41) is 3.86. The van der Waals surface area contributed by atoms with Crippen LogP contribution < -0.4 is 10.1 Å². The number of hydrogen-bond acceptors (Lipinski definition) is 2. The lowest BCUT2D eigenvalue weighted by Crippen LogP contribution is -2.46. The summed E-state index contributed by atoms with van der Waals surface area (Å²) in [6, 6.07) is 12.1. The third-order valence-corrected chi connectivity index (χ3v) is 4.22. The smallest absolute Gasteiger partial charge is 0.142 e. The van der Waals surface area contributed by atoms with Crippen molar-refractivity contribution in [2.24, 2.45) is 5.92 Å². The van der Waals surface area contributed by atoms with Crippen LogP contribution in [0.3, 0.4) is 0 Å². The molecule has 0 aromatic heterocycles. The second kappa shape index (κ2) is 7.51. The Kier molecular flexibility index (Phi) is 5.93. The van der Waals surface area contributed by atoms with E-state index in [0.29, 0.717) is 10.8 Å². The molecular weight excluding hydrogens is 348 g/mol. The molecule has 0 unspecified atom stereocenters. The van der Waals surface area contributed by atoms with E-state index in [4.69, 9.17) is 27.9 Å². The van der Waals surface area contributed by atoms with Crippen LogP contribution in [0.25, 0.3) is 0 Å². The Balaban J connectivity index is 0.00000176. The van der Waals surface area contributed by atoms with Gasteiger partial charge in [-0.05, 0) is 29.8 Å². The molecule has 0 saturated carbocycles. The molecule has 1 heterocycles. The van der Waals surface area contributed by atoms with E-state index in [1.807, 2.05) is 18.2 Å². The molecule has 2 nitrogen and oxygen atoms in total. The summed E-state index contributed by atoms with van der Waals surface area (Å²) < 4.78 is 19.8. The normalized spacial score (nSPS) is 15.6. The minimum Gasteiger partial charge on any atom is -0.484 e. The highest BCUT2D eigenvalue weighted by atomic mass is 35.5. The number of para-hydroxylation sites is 1. The summed E-state index contributed by atoms with van der Waals surface area (Å²) in [5.41, 5.74) is 0.767. The first kappa shape index (κ1) is 17.4. The first-order valence-corrected chi connectivity index (χ1v) is 7.47. The fraction of sp³-hybridized carbons (Fsp3) is 0.250. The predicted octanol–water partition coefficient (Wildman–Crippen LogP) is 4.89. The van der Waals surface area contributed by atoms with Crippen molar-refractivity contribution < 1.29 is 9.13 Å². The van der Waals surface area contributed by atoms with Gasteiger partial charge in [-0.3, -0.25) is 0 Å². The van der Waals surface area contributed by atoms with E-state index < -0.39 is 5.82 Å². The van der Waals surface area contributed by atoms with Crippen LogP contribution in [-0.4, -0.2) is 13.1 Å². The van der Waals surface area contributed by atoms with Gasteiger partial charge in [0.25, 0.3) is 0 Å². The molecular formula is C16H15Cl3FNO. The largest absolute Gasteiger partial charge is 0.484 e. The number of nitrogens with one attached hydrogen (secondary N) is 1. The quantitative estimate of drug-likeness (QED) is 0.836. The van der Waals surface area contributed by atoms with Crippen molar-refractivity contribution in [2.75, 3.05) is 13.1 Å². The molecule has 1 saturated heterocycles. The van der Waals surface area contributed by atoms with E-state index >= 15 is 0 Å². The number of rotatable bonds is 4. The van der Waals surface area contributed by atoms with Crippen LogP contribution in [0.2, 0.25) is 10.0 Å². The van der Waals surface area contributed by atoms with Gasteiger partial charge in [0.15, 0.2) is 0 Å². The summed E-state index contributed by atoms with van der Waals surface area (Å²) in [5.74, 6) is 0.447. The maximum absolute atomic E-state index is 13.7. The van der Waals surface area contributed by atoms with Gasteiger partial charge in [-0.2, -0.15) is 0 Å². The van der Waals surface area contributed by atoms with Crippen molar-refractivity contribution in [3.63, 3.8) is 0 Å². The van der Waals surface area contributed by atoms with Crippen LogP contribution in [0.5, 0.6) is 5.75 Å². The van der Waals surface area contributed by atoms with Gasteiger partial charge in [0.1, 0.15) is 17.7 Å². The van der Waals surface area contributed by atoms with Gasteiger partial charge in [-0.1, -0.05) is 41.4 Å². The van der Waals surface area contributed by atoms with Crippen molar-refractivity contribution in [2.45, 2.75) is 6.10 Å². The molecule has 6 heteroatoms. The lowest BCUT2D eigenvalue weighted by Gasteiger charge is -2.35. The lowest BCUT2D eigenvalue weighted by atomic mass is 9.90. The van der Waals surface area contributed by atoms with Crippen molar-refractivity contribution in [1.82, 2.24) is 5.32 Å². The number of benzene rings is 2. The Morgan fingerprint density at radius 2 is 1.82 bits per heavy atom. The number of halogens is 4. The molecule has 0 aliphatic carbocycles. The fourth-order valence-electron chi connectivity index (χ4n) is 2.33. The molecule has 1 atom stereocenters. The average Bonchev–Trinajstić information content (AvgIpc) is 2.41. The molecule has 2 aromatic rings. The van der Waals surface area contributed by atoms with Crippen molar-refractivity contribution in [1.29, 1.82) is 0 Å². The third kappa shape index (κ3) is 3.66. The number of ether oxygens (including phenoxy) is 1. The summed E-state index contributed by atoms with van der Waals surface area (Å²) in [6.45, 7) is 1.67. The van der Waals surface area contributed by atoms with Crippen LogP contribution in [0.15, 0.2) is 42.5 Å². The first-order valence-electron chi connectivity index (χ1n) is 6.72. The minimum atomic E-state index is -0.436. The second-order valence-corrected chi connectivity index (χ2v) is 5.88. The Morgan fingerprint density at radius 1 is 1.09 bits per heavy atom. The molecule has 0 spiro atoms. The zero-order valence-corrected chi connectivity index (χ0v) is 13.9. The Labute approximate surface area is 145 Å². The van der Waals surface area contributed by atoms with Gasteiger partial charge in [0.05, 0.1) is 10.0 Å². The molecule has 22 heavy (non-hydrogen) atoms. The van der Waals surface area contributed by atoms with Gasteiger partial charge >= 0.3 is 0 Å². The van der Waals surface area contributed by atoms with Crippen LogP contribution >= 0.6 is 35.6 Å². The van der Waals surface area contributed by atoms with E-state index in [2.05, 4.69) is 5.32 Å². The summed E-state index contributed by atoms with van der Waals surface area (Å²) in [7, 11) is 0. The SMILES string of the molecule is Cl.Fc1cc([C@H](Oc2ccccc2Cl)C2CNC2)ccc1Cl. The predicted molar refractivity (Wildman–Crippen MR) is 89.8 cm³/mol. The average molecular weight is 363 g/mol. The van der Waals surface area contributed by atoms with E-state index in [1.165, 1.54) is 6.07 Å². The van der Waals surface area contributed by atoms with E-state index in [-0.39, 0.29) is 29.5 Å². The van der Waals surface area contributed by atoms with Crippen molar-refractivity contribution >= 4 is 35.6 Å². The minimum absolute atomic E-state index is 0. The molecule has 0 bridgehead atoms. The fourth-order valence-corrected chi connectivity index (χ4v) is 2.63. The van der Waals surface area contributed by atoms with Crippen LogP contribution in [0, 0.1) is 11.7 Å². The lowest BCUT2D eigenvalue weighted by molar-refractivity contribution is 0.0991. The highest BCUT2D eigenvalue weighted by molar-refractivity contribution is 6.32. The summed E-state index contributed by atoms with van der Waals surface area (Å²) in [4.78, 5) is 0. The zero-order chi connectivity index (χ0) is 14.8. The van der Waals surface area contributed by atoms with Crippen molar-refractivity contribution in [3.8, 4) is 5.75 Å². The summed E-state index contributed by atoms with van der Waals surface area (Å²) >= 11 is 11.9. The van der Waals surface area contributed by atoms with Crippen molar-refractivity contribution in [3.05, 3.63) is 63.9 Å². The van der Waals surface area contributed by atoms with Gasteiger partial charge in [-0.15, -0.1) is 12.4 Å². The standard InChI is InChI=1S/C16H14Cl2FNO.ClH/c17-12-6-5-10(7-14(12)19)16(11-8-20-9-11)21-15-4-2-1-3-13(15)18;/h1-7,11,16,20H,8-9H2;1H/t16-;/m0./s1. The second-order valence-electron chi connectivity index (χ2n) is 5.06. The highest BCUT2D eigenvalue weighted by Gasteiger charge is 2.31. The van der Waals surface area contributed by atoms with Crippen LogP contribution in [0.4, 0.5) is 4.39 Å². The molecule has 0 radical (unpaired) electrons. The Morgan fingerprint density at radius 3 is 2.41 bits per heavy atom. The van der Waals surface area contributed by atoms with Gasteiger partial charge in [-0.25, -0.2) is 4.39 Å². The highest BCUT2D eigenvalue weighted by Crippen LogP contribution is 2.35. The van der Waals surface area contributed by atoms with Crippen LogP contribution in [-0.2, 0) is 0 Å². The molecule has 118 valence electrons.